The summed E-state index contributed by atoms with van der Waals surface area (Å²) < 4.78 is 0. The Morgan fingerprint density at radius 1 is 0.481 bits per heavy atom. The molecule has 1 aliphatic rings. The molecule has 0 aliphatic heterocycles. The van der Waals surface area contributed by atoms with Gasteiger partial charge in [0.2, 0.25) is 0 Å². The molecule has 1 aliphatic carbocycles. The van der Waals surface area contributed by atoms with Crippen molar-refractivity contribution in [3.63, 3.8) is 0 Å². The smallest absolute Gasteiger partial charge is 0.0790 e. The molecule has 1 nitrogen and oxygen atoms in total. The molecule has 130 valence electrons. The highest BCUT2D eigenvalue weighted by Crippen LogP contribution is 2.42. The van der Waals surface area contributed by atoms with Crippen LogP contribution in [-0.4, -0.2) is 4.98 Å². The largest absolute Gasteiger partial charge is 0.247 e. The quantitative estimate of drug-likeness (QED) is 0.408. The Hall–Kier alpha value is -3.19. The van der Waals surface area contributed by atoms with E-state index in [0.717, 1.165) is 24.2 Å². The number of benzene rings is 3. The number of pyridine rings is 1. The molecular weight excluding hydrogens is 326 g/mol. The van der Waals surface area contributed by atoms with Gasteiger partial charge >= 0.3 is 0 Å². The minimum atomic E-state index is 1.10. The molecule has 0 spiro atoms. The fraction of sp³-hybridized carbons (Fsp3) is 0.115. The standard InChI is InChI=1S/C26H21N/c1-4-11-19(12-5-1)24-22-17-10-18-23(22)25(20-13-6-2-7-14-20)27-26(24)21-15-8-3-9-16-21/h1-9,11-16H,10,17-18H2. The molecule has 4 aromatic rings. The second kappa shape index (κ2) is 6.85. The summed E-state index contributed by atoms with van der Waals surface area (Å²) in [6.45, 7) is 0. The first kappa shape index (κ1) is 16.0. The average Bonchev–Trinajstić information content (AvgIpc) is 3.24. The maximum absolute atomic E-state index is 5.26. The third kappa shape index (κ3) is 2.86. The molecule has 1 heteroatoms. The van der Waals surface area contributed by atoms with E-state index in [1.807, 2.05) is 0 Å². The number of nitrogens with zero attached hydrogens (tertiary/aromatic N) is 1. The van der Waals surface area contributed by atoms with Crippen molar-refractivity contribution in [3.05, 3.63) is 102 Å². The van der Waals surface area contributed by atoms with E-state index in [4.69, 9.17) is 4.98 Å². The minimum absolute atomic E-state index is 1.10. The monoisotopic (exact) mass is 347 g/mol. The third-order valence-electron chi connectivity index (χ3n) is 5.42. The van der Waals surface area contributed by atoms with Gasteiger partial charge in [-0.05, 0) is 36.0 Å². The molecule has 0 bridgehead atoms. The molecule has 0 saturated carbocycles. The van der Waals surface area contributed by atoms with Crippen molar-refractivity contribution in [1.82, 2.24) is 4.98 Å². The van der Waals surface area contributed by atoms with Crippen LogP contribution in [0.2, 0.25) is 0 Å². The van der Waals surface area contributed by atoms with Gasteiger partial charge in [0.05, 0.1) is 11.4 Å². The van der Waals surface area contributed by atoms with E-state index in [1.54, 1.807) is 0 Å². The van der Waals surface area contributed by atoms with Crippen LogP contribution >= 0.6 is 0 Å². The van der Waals surface area contributed by atoms with Gasteiger partial charge in [-0.3, -0.25) is 0 Å². The van der Waals surface area contributed by atoms with Crippen LogP contribution in [0, 0.1) is 0 Å². The fourth-order valence-electron chi connectivity index (χ4n) is 4.21. The Morgan fingerprint density at radius 2 is 0.963 bits per heavy atom. The lowest BCUT2D eigenvalue weighted by atomic mass is 9.90. The van der Waals surface area contributed by atoms with Gasteiger partial charge in [0.15, 0.2) is 0 Å². The molecule has 0 fully saturated rings. The molecule has 0 amide bonds. The molecule has 0 atom stereocenters. The lowest BCUT2D eigenvalue weighted by Crippen LogP contribution is -2.01. The summed E-state index contributed by atoms with van der Waals surface area (Å²) in [7, 11) is 0. The maximum Gasteiger partial charge on any atom is 0.0790 e. The van der Waals surface area contributed by atoms with Crippen molar-refractivity contribution in [3.8, 4) is 33.6 Å². The van der Waals surface area contributed by atoms with Gasteiger partial charge in [-0.2, -0.15) is 0 Å². The summed E-state index contributed by atoms with van der Waals surface area (Å²) >= 11 is 0. The number of aromatic nitrogens is 1. The zero-order valence-corrected chi connectivity index (χ0v) is 15.2. The molecule has 0 unspecified atom stereocenters. The highest BCUT2D eigenvalue weighted by Gasteiger charge is 2.25. The SMILES string of the molecule is c1ccc(-c2nc(-c3ccccc3)c(-c3ccccc3)c3c2CCC3)cc1. The summed E-state index contributed by atoms with van der Waals surface area (Å²) in [6.07, 6.45) is 3.44. The van der Waals surface area contributed by atoms with Crippen LogP contribution in [0.1, 0.15) is 17.5 Å². The van der Waals surface area contributed by atoms with Gasteiger partial charge in [-0.15, -0.1) is 0 Å². The highest BCUT2D eigenvalue weighted by molar-refractivity contribution is 5.87. The van der Waals surface area contributed by atoms with E-state index in [-0.39, 0.29) is 0 Å². The molecular formula is C26H21N. The van der Waals surface area contributed by atoms with Crippen molar-refractivity contribution >= 4 is 0 Å². The van der Waals surface area contributed by atoms with Gasteiger partial charge in [0.25, 0.3) is 0 Å². The van der Waals surface area contributed by atoms with Crippen molar-refractivity contribution in [2.45, 2.75) is 19.3 Å². The van der Waals surface area contributed by atoms with Crippen LogP contribution in [0.4, 0.5) is 0 Å². The van der Waals surface area contributed by atoms with Crippen molar-refractivity contribution < 1.29 is 0 Å². The van der Waals surface area contributed by atoms with Gasteiger partial charge in [0, 0.05) is 16.7 Å². The lowest BCUT2D eigenvalue weighted by molar-refractivity contribution is 0.912. The Bertz CT molecular complexity index is 1070. The molecule has 3 aromatic carbocycles. The topological polar surface area (TPSA) is 12.9 Å². The summed E-state index contributed by atoms with van der Waals surface area (Å²) in [4.78, 5) is 5.26. The zero-order chi connectivity index (χ0) is 18.1. The van der Waals surface area contributed by atoms with E-state index >= 15 is 0 Å². The molecule has 1 aromatic heterocycles. The molecule has 0 radical (unpaired) electrons. The van der Waals surface area contributed by atoms with Gasteiger partial charge in [0.1, 0.15) is 0 Å². The lowest BCUT2D eigenvalue weighted by Gasteiger charge is -2.18. The van der Waals surface area contributed by atoms with E-state index in [9.17, 15) is 0 Å². The van der Waals surface area contributed by atoms with Crippen LogP contribution < -0.4 is 0 Å². The van der Waals surface area contributed by atoms with E-state index in [2.05, 4.69) is 91.0 Å². The Morgan fingerprint density at radius 3 is 1.56 bits per heavy atom. The summed E-state index contributed by atoms with van der Waals surface area (Å²) in [5.41, 5.74) is 10.1. The van der Waals surface area contributed by atoms with Crippen LogP contribution in [0.5, 0.6) is 0 Å². The maximum atomic E-state index is 5.26. The predicted octanol–water partition coefficient (Wildman–Crippen LogP) is 6.57. The second-order valence-corrected chi connectivity index (χ2v) is 7.09. The fourth-order valence-corrected chi connectivity index (χ4v) is 4.21. The van der Waals surface area contributed by atoms with Crippen molar-refractivity contribution in [1.29, 1.82) is 0 Å². The van der Waals surface area contributed by atoms with Gasteiger partial charge in [-0.25, -0.2) is 4.98 Å². The molecule has 0 N–H and O–H groups in total. The first-order valence-corrected chi connectivity index (χ1v) is 9.64. The van der Waals surface area contributed by atoms with E-state index in [1.165, 1.54) is 39.8 Å². The van der Waals surface area contributed by atoms with Crippen molar-refractivity contribution in [2.75, 3.05) is 0 Å². The van der Waals surface area contributed by atoms with Gasteiger partial charge in [-0.1, -0.05) is 91.0 Å². The van der Waals surface area contributed by atoms with Gasteiger partial charge < -0.3 is 0 Å². The number of fused-ring (bicyclic) bond motifs is 1. The molecule has 5 rings (SSSR count). The molecule has 27 heavy (non-hydrogen) atoms. The zero-order valence-electron chi connectivity index (χ0n) is 15.2. The summed E-state index contributed by atoms with van der Waals surface area (Å²) in [5, 5.41) is 0. The summed E-state index contributed by atoms with van der Waals surface area (Å²) in [6, 6.07) is 32.0. The normalized spacial score (nSPS) is 12.7. The first-order chi connectivity index (χ1) is 13.4. The predicted molar refractivity (Wildman–Crippen MR) is 113 cm³/mol. The number of hydrogen-bond donors (Lipinski definition) is 0. The van der Waals surface area contributed by atoms with E-state index in [0.29, 0.717) is 0 Å². The van der Waals surface area contributed by atoms with Crippen LogP contribution in [0.3, 0.4) is 0 Å². The average molecular weight is 347 g/mol. The Kier molecular flexibility index (Phi) is 4.06. The van der Waals surface area contributed by atoms with Crippen LogP contribution in [-0.2, 0) is 12.8 Å². The van der Waals surface area contributed by atoms with Crippen LogP contribution in [0.25, 0.3) is 33.6 Å². The summed E-state index contributed by atoms with van der Waals surface area (Å²) in [5.74, 6) is 0. The van der Waals surface area contributed by atoms with Crippen LogP contribution in [0.15, 0.2) is 91.0 Å². The molecule has 1 heterocycles. The Balaban J connectivity index is 1.85. The Labute approximate surface area is 160 Å². The first-order valence-electron chi connectivity index (χ1n) is 9.64. The number of rotatable bonds is 3. The molecule has 0 saturated heterocycles. The van der Waals surface area contributed by atoms with E-state index < -0.39 is 0 Å². The second-order valence-electron chi connectivity index (χ2n) is 7.09. The highest BCUT2D eigenvalue weighted by atomic mass is 14.7. The minimum Gasteiger partial charge on any atom is -0.247 e. The number of hydrogen-bond acceptors (Lipinski definition) is 1. The third-order valence-corrected chi connectivity index (χ3v) is 5.42. The van der Waals surface area contributed by atoms with Crippen molar-refractivity contribution in [2.24, 2.45) is 0 Å².